The predicted octanol–water partition coefficient (Wildman–Crippen LogP) is 2.41. The molecule has 0 atom stereocenters. The van der Waals surface area contributed by atoms with Crippen LogP contribution in [0.1, 0.15) is 5.56 Å². The van der Waals surface area contributed by atoms with Crippen molar-refractivity contribution in [3.05, 3.63) is 34.1 Å². The van der Waals surface area contributed by atoms with E-state index in [4.69, 9.17) is 0 Å². The van der Waals surface area contributed by atoms with Crippen LogP contribution in [0.2, 0.25) is 0 Å². The lowest BCUT2D eigenvalue weighted by molar-refractivity contribution is 0.171. The summed E-state index contributed by atoms with van der Waals surface area (Å²) in [4.78, 5) is 2.18. The summed E-state index contributed by atoms with van der Waals surface area (Å²) >= 11 is 3.25. The molecule has 5 heteroatoms. The van der Waals surface area contributed by atoms with Gasteiger partial charge >= 0.3 is 0 Å². The van der Waals surface area contributed by atoms with Gasteiger partial charge in [0.25, 0.3) is 0 Å². The Hall–Kier alpha value is -0.160. The maximum atomic E-state index is 13.5. The number of nitrogens with zero attached hydrogens (tertiary/aromatic N) is 1. The smallest absolute Gasteiger partial charge is 0.128 e. The Bertz CT molecular complexity index is 358. The molecule has 1 aromatic carbocycles. The van der Waals surface area contributed by atoms with Crippen molar-refractivity contribution >= 4 is 28.3 Å². The SMILES string of the molecule is CN(Cc1ccc(Br)cc1F)C1CNC1.Cl. The van der Waals surface area contributed by atoms with Gasteiger partial charge < -0.3 is 5.32 Å². The second-order valence-electron chi connectivity index (χ2n) is 3.96. The minimum atomic E-state index is -0.136. The lowest BCUT2D eigenvalue weighted by Gasteiger charge is -2.35. The highest BCUT2D eigenvalue weighted by molar-refractivity contribution is 9.10. The minimum Gasteiger partial charge on any atom is -0.314 e. The molecule has 2 nitrogen and oxygen atoms in total. The van der Waals surface area contributed by atoms with Crippen LogP contribution < -0.4 is 5.32 Å². The van der Waals surface area contributed by atoms with Crippen LogP contribution in [0, 0.1) is 5.82 Å². The maximum absolute atomic E-state index is 13.5. The van der Waals surface area contributed by atoms with Gasteiger partial charge in [0, 0.05) is 35.7 Å². The van der Waals surface area contributed by atoms with Gasteiger partial charge in [-0.3, -0.25) is 4.90 Å². The van der Waals surface area contributed by atoms with Crippen LogP contribution in [0.3, 0.4) is 0 Å². The van der Waals surface area contributed by atoms with Crippen molar-refractivity contribution in [2.75, 3.05) is 20.1 Å². The van der Waals surface area contributed by atoms with Crippen LogP contribution in [-0.2, 0) is 6.54 Å². The molecule has 0 aliphatic carbocycles. The Morgan fingerprint density at radius 3 is 2.69 bits per heavy atom. The molecule has 1 aliphatic heterocycles. The van der Waals surface area contributed by atoms with E-state index < -0.39 is 0 Å². The fourth-order valence-electron chi connectivity index (χ4n) is 1.63. The van der Waals surface area contributed by atoms with Crippen molar-refractivity contribution < 1.29 is 4.39 Å². The van der Waals surface area contributed by atoms with Gasteiger partial charge in [-0.1, -0.05) is 22.0 Å². The first-order valence-electron chi connectivity index (χ1n) is 5.01. The summed E-state index contributed by atoms with van der Waals surface area (Å²) in [5.41, 5.74) is 0.757. The van der Waals surface area contributed by atoms with Gasteiger partial charge in [-0.25, -0.2) is 4.39 Å². The molecule has 1 N–H and O–H groups in total. The van der Waals surface area contributed by atoms with E-state index in [9.17, 15) is 4.39 Å². The fraction of sp³-hybridized carbons (Fsp3) is 0.455. The quantitative estimate of drug-likeness (QED) is 0.922. The van der Waals surface area contributed by atoms with Gasteiger partial charge in [0.05, 0.1) is 0 Å². The molecule has 16 heavy (non-hydrogen) atoms. The number of rotatable bonds is 3. The Balaban J connectivity index is 0.00000128. The lowest BCUT2D eigenvalue weighted by Crippen LogP contribution is -2.55. The van der Waals surface area contributed by atoms with Crippen molar-refractivity contribution in [1.29, 1.82) is 0 Å². The van der Waals surface area contributed by atoms with Crippen molar-refractivity contribution in [1.82, 2.24) is 10.2 Å². The zero-order chi connectivity index (χ0) is 10.8. The number of hydrogen-bond acceptors (Lipinski definition) is 2. The normalized spacial score (nSPS) is 15.8. The van der Waals surface area contributed by atoms with E-state index >= 15 is 0 Å². The van der Waals surface area contributed by atoms with Crippen molar-refractivity contribution in [2.45, 2.75) is 12.6 Å². The van der Waals surface area contributed by atoms with Crippen molar-refractivity contribution in [3.63, 3.8) is 0 Å². The third kappa shape index (κ3) is 3.17. The first-order chi connectivity index (χ1) is 7.16. The van der Waals surface area contributed by atoms with Gasteiger partial charge in [-0.05, 0) is 19.2 Å². The summed E-state index contributed by atoms with van der Waals surface area (Å²) in [7, 11) is 2.03. The molecule has 1 aliphatic rings. The standard InChI is InChI=1S/C11H14BrFN2.ClH/c1-15(10-5-14-6-10)7-8-2-3-9(12)4-11(8)13;/h2-4,10,14H,5-7H2,1H3;1H. The highest BCUT2D eigenvalue weighted by Crippen LogP contribution is 2.17. The molecule has 1 saturated heterocycles. The topological polar surface area (TPSA) is 15.3 Å². The van der Waals surface area contributed by atoms with Gasteiger partial charge in [0.1, 0.15) is 5.82 Å². The molecule has 0 saturated carbocycles. The summed E-state index contributed by atoms with van der Waals surface area (Å²) in [5, 5.41) is 3.21. The average molecular weight is 310 g/mol. The predicted molar refractivity (Wildman–Crippen MR) is 69.5 cm³/mol. The van der Waals surface area contributed by atoms with Crippen molar-refractivity contribution in [3.8, 4) is 0 Å². The summed E-state index contributed by atoms with van der Waals surface area (Å²) in [5.74, 6) is -0.136. The molecule has 0 unspecified atom stereocenters. The number of benzene rings is 1. The van der Waals surface area contributed by atoms with Crippen molar-refractivity contribution in [2.24, 2.45) is 0 Å². The van der Waals surface area contributed by atoms with E-state index in [-0.39, 0.29) is 18.2 Å². The summed E-state index contributed by atoms with van der Waals surface area (Å²) in [6.07, 6.45) is 0. The van der Waals surface area contributed by atoms with Gasteiger partial charge in [0.2, 0.25) is 0 Å². The molecule has 0 spiro atoms. The Kier molecular flexibility index (Phi) is 5.18. The summed E-state index contributed by atoms with van der Waals surface area (Å²) < 4.78 is 14.3. The fourth-order valence-corrected chi connectivity index (χ4v) is 1.97. The second-order valence-corrected chi connectivity index (χ2v) is 4.88. The van der Waals surface area contributed by atoms with Gasteiger partial charge in [-0.15, -0.1) is 12.4 Å². The zero-order valence-corrected chi connectivity index (χ0v) is 11.4. The van der Waals surface area contributed by atoms with Gasteiger partial charge in [-0.2, -0.15) is 0 Å². The average Bonchev–Trinajstić information content (AvgIpc) is 2.07. The largest absolute Gasteiger partial charge is 0.314 e. The number of likely N-dealkylation sites (N-methyl/N-ethyl adjacent to an activating group) is 1. The van der Waals surface area contributed by atoms with Crippen LogP contribution in [0.5, 0.6) is 0 Å². The van der Waals surface area contributed by atoms with E-state index in [1.807, 2.05) is 19.2 Å². The molecule has 2 rings (SSSR count). The molecule has 0 bridgehead atoms. The maximum Gasteiger partial charge on any atom is 0.128 e. The monoisotopic (exact) mass is 308 g/mol. The molecule has 0 aromatic heterocycles. The highest BCUT2D eigenvalue weighted by atomic mass is 79.9. The van der Waals surface area contributed by atoms with Crippen LogP contribution in [0.25, 0.3) is 0 Å². The minimum absolute atomic E-state index is 0. The summed E-state index contributed by atoms with van der Waals surface area (Å²) in [6.45, 7) is 2.69. The Morgan fingerprint density at radius 2 is 2.19 bits per heavy atom. The number of nitrogens with one attached hydrogen (secondary N) is 1. The molecular weight excluding hydrogens is 294 g/mol. The van der Waals surface area contributed by atoms with E-state index in [0.717, 1.165) is 23.1 Å². The first kappa shape index (κ1) is 13.9. The molecular formula is C11H15BrClFN2. The van der Waals surface area contributed by atoms with Crippen LogP contribution in [0.4, 0.5) is 4.39 Å². The molecule has 90 valence electrons. The molecule has 0 radical (unpaired) electrons. The number of halogens is 3. The molecule has 1 fully saturated rings. The molecule has 0 amide bonds. The van der Waals surface area contributed by atoms with E-state index in [1.54, 1.807) is 0 Å². The third-order valence-corrected chi connectivity index (χ3v) is 3.31. The van der Waals surface area contributed by atoms with E-state index in [0.29, 0.717) is 12.6 Å². The highest BCUT2D eigenvalue weighted by Gasteiger charge is 2.21. The van der Waals surface area contributed by atoms with E-state index in [2.05, 4.69) is 26.1 Å². The first-order valence-corrected chi connectivity index (χ1v) is 5.81. The van der Waals surface area contributed by atoms with Crippen LogP contribution >= 0.6 is 28.3 Å². The molecule has 1 heterocycles. The van der Waals surface area contributed by atoms with E-state index in [1.165, 1.54) is 6.07 Å². The summed E-state index contributed by atoms with van der Waals surface area (Å²) in [6, 6.07) is 5.78. The number of hydrogen-bond donors (Lipinski definition) is 1. The second kappa shape index (κ2) is 5.96. The van der Waals surface area contributed by atoms with Crippen LogP contribution in [-0.4, -0.2) is 31.1 Å². The third-order valence-electron chi connectivity index (χ3n) is 2.82. The Labute approximate surface area is 110 Å². The zero-order valence-electron chi connectivity index (χ0n) is 9.04. The molecule has 1 aromatic rings. The van der Waals surface area contributed by atoms with Gasteiger partial charge in [0.15, 0.2) is 0 Å². The van der Waals surface area contributed by atoms with Crippen LogP contribution in [0.15, 0.2) is 22.7 Å². The Morgan fingerprint density at radius 1 is 1.50 bits per heavy atom. The lowest BCUT2D eigenvalue weighted by atomic mass is 10.1.